The number of aromatic nitrogens is 2. The van der Waals surface area contributed by atoms with Gasteiger partial charge in [-0.1, -0.05) is 6.92 Å². The number of anilines is 1. The molecule has 0 aliphatic carbocycles. The lowest BCUT2D eigenvalue weighted by Crippen LogP contribution is -2.29. The van der Waals surface area contributed by atoms with E-state index < -0.39 is 0 Å². The molecule has 0 saturated heterocycles. The normalized spacial score (nSPS) is 12.4. The molecule has 0 spiro atoms. The van der Waals surface area contributed by atoms with Gasteiger partial charge in [-0.2, -0.15) is 0 Å². The predicted octanol–water partition coefficient (Wildman–Crippen LogP) is 1.94. The van der Waals surface area contributed by atoms with Crippen LogP contribution in [0.4, 0.5) is 5.82 Å². The molecule has 0 N–H and O–H groups in total. The molecule has 0 radical (unpaired) electrons. The highest BCUT2D eigenvalue weighted by molar-refractivity contribution is 7.17. The third-order valence-corrected chi connectivity index (χ3v) is 3.64. The number of thiophene rings is 1. The number of fused-ring (bicyclic) bond motifs is 1. The van der Waals surface area contributed by atoms with Gasteiger partial charge in [-0.3, -0.25) is 4.79 Å². The minimum Gasteiger partial charge on any atom is -0.469 e. The smallest absolute Gasteiger partial charge is 0.310 e. The number of carbonyl (C=O) groups is 1. The van der Waals surface area contributed by atoms with Gasteiger partial charge in [-0.05, 0) is 11.4 Å². The van der Waals surface area contributed by atoms with Gasteiger partial charge in [0, 0.05) is 13.6 Å². The highest BCUT2D eigenvalue weighted by Gasteiger charge is 2.18. The zero-order chi connectivity index (χ0) is 13.1. The molecule has 0 amide bonds. The molecular weight excluding hydrogens is 250 g/mol. The molecule has 0 fully saturated rings. The summed E-state index contributed by atoms with van der Waals surface area (Å²) in [5, 5.41) is 1.99. The summed E-state index contributed by atoms with van der Waals surface area (Å²) < 4.78 is 5.76. The van der Waals surface area contributed by atoms with Gasteiger partial charge in [-0.25, -0.2) is 9.97 Å². The van der Waals surface area contributed by atoms with Crippen molar-refractivity contribution in [1.82, 2.24) is 9.97 Å². The van der Waals surface area contributed by atoms with E-state index in [9.17, 15) is 4.79 Å². The average Bonchev–Trinajstić information content (AvgIpc) is 2.85. The molecule has 6 heteroatoms. The van der Waals surface area contributed by atoms with Gasteiger partial charge in [0.2, 0.25) is 0 Å². The van der Waals surface area contributed by atoms with Crippen molar-refractivity contribution in [1.29, 1.82) is 0 Å². The number of nitrogens with zero attached hydrogens (tertiary/aromatic N) is 3. The van der Waals surface area contributed by atoms with Crippen LogP contribution in [0.3, 0.4) is 0 Å². The summed E-state index contributed by atoms with van der Waals surface area (Å²) in [5.74, 6) is 0.453. The Hall–Kier alpha value is -1.69. The van der Waals surface area contributed by atoms with Gasteiger partial charge < -0.3 is 9.64 Å². The molecule has 5 nitrogen and oxygen atoms in total. The van der Waals surface area contributed by atoms with Crippen LogP contribution in [-0.4, -0.2) is 36.6 Å². The predicted molar refractivity (Wildman–Crippen MR) is 71.9 cm³/mol. The minimum atomic E-state index is -0.210. The number of esters is 1. The van der Waals surface area contributed by atoms with E-state index in [0.29, 0.717) is 6.54 Å². The van der Waals surface area contributed by atoms with Crippen LogP contribution in [0.5, 0.6) is 0 Å². The van der Waals surface area contributed by atoms with E-state index in [0.717, 1.165) is 16.0 Å². The lowest BCUT2D eigenvalue weighted by molar-refractivity contribution is -0.144. The number of hydrogen-bond acceptors (Lipinski definition) is 6. The number of ether oxygens (including phenoxy) is 1. The fourth-order valence-corrected chi connectivity index (χ4v) is 2.71. The van der Waals surface area contributed by atoms with Crippen molar-refractivity contribution in [2.45, 2.75) is 6.92 Å². The molecule has 2 aromatic heterocycles. The summed E-state index contributed by atoms with van der Waals surface area (Å²) >= 11 is 1.60. The van der Waals surface area contributed by atoms with E-state index in [-0.39, 0.29) is 11.9 Å². The van der Waals surface area contributed by atoms with E-state index in [1.54, 1.807) is 17.7 Å². The first-order valence-corrected chi connectivity index (χ1v) is 6.48. The maximum Gasteiger partial charge on any atom is 0.310 e. The zero-order valence-electron chi connectivity index (χ0n) is 10.6. The molecular formula is C12H15N3O2S. The molecule has 18 heavy (non-hydrogen) atoms. The Labute approximate surface area is 109 Å². The SMILES string of the molecule is COC(=O)[C@H](C)CN(C)c1ncnc2ccsc12. The Bertz CT molecular complexity index is 555. The van der Waals surface area contributed by atoms with E-state index >= 15 is 0 Å². The topological polar surface area (TPSA) is 55.3 Å². The number of methoxy groups -OCH3 is 1. The summed E-state index contributed by atoms with van der Waals surface area (Å²) in [6.45, 7) is 2.41. The molecule has 0 unspecified atom stereocenters. The Morgan fingerprint density at radius 3 is 3.06 bits per heavy atom. The van der Waals surface area contributed by atoms with Gasteiger partial charge >= 0.3 is 5.97 Å². The molecule has 2 aromatic rings. The van der Waals surface area contributed by atoms with Crippen LogP contribution in [0.1, 0.15) is 6.92 Å². The minimum absolute atomic E-state index is 0.190. The van der Waals surface area contributed by atoms with E-state index in [1.807, 2.05) is 30.3 Å². The first kappa shape index (κ1) is 12.8. The molecule has 0 bridgehead atoms. The van der Waals surface area contributed by atoms with Crippen molar-refractivity contribution < 1.29 is 9.53 Å². The molecule has 96 valence electrons. The lowest BCUT2D eigenvalue weighted by atomic mass is 10.2. The number of hydrogen-bond donors (Lipinski definition) is 0. The van der Waals surface area contributed by atoms with Gasteiger partial charge in [0.25, 0.3) is 0 Å². The van der Waals surface area contributed by atoms with Gasteiger partial charge in [0.05, 0.1) is 23.2 Å². The molecule has 0 aromatic carbocycles. The summed E-state index contributed by atoms with van der Waals surface area (Å²) in [7, 11) is 3.32. The summed E-state index contributed by atoms with van der Waals surface area (Å²) in [6.07, 6.45) is 1.55. The maximum atomic E-state index is 11.4. The molecule has 0 aliphatic heterocycles. The fourth-order valence-electron chi connectivity index (χ4n) is 1.82. The number of rotatable bonds is 4. The van der Waals surface area contributed by atoms with Gasteiger partial charge in [-0.15, -0.1) is 11.3 Å². The maximum absolute atomic E-state index is 11.4. The number of carbonyl (C=O) groups excluding carboxylic acids is 1. The van der Waals surface area contributed by atoms with Crippen molar-refractivity contribution in [3.05, 3.63) is 17.8 Å². The lowest BCUT2D eigenvalue weighted by Gasteiger charge is -2.21. The second-order valence-electron chi connectivity index (χ2n) is 4.14. The Morgan fingerprint density at radius 2 is 2.33 bits per heavy atom. The Balaban J connectivity index is 2.20. The Morgan fingerprint density at radius 1 is 1.56 bits per heavy atom. The van der Waals surface area contributed by atoms with E-state index in [2.05, 4.69) is 9.97 Å². The standard InChI is InChI=1S/C12H15N3O2S/c1-8(12(16)17-3)6-15(2)11-10-9(4-5-18-10)13-7-14-11/h4-5,7-8H,6H2,1-3H3/t8-/m1/s1. The molecule has 2 rings (SSSR count). The van der Waals surface area contributed by atoms with Gasteiger partial charge in [0.15, 0.2) is 0 Å². The van der Waals surface area contributed by atoms with Crippen molar-refractivity contribution >= 4 is 33.3 Å². The third-order valence-electron chi connectivity index (χ3n) is 2.74. The summed E-state index contributed by atoms with van der Waals surface area (Å²) in [5.41, 5.74) is 0.933. The van der Waals surface area contributed by atoms with Crippen molar-refractivity contribution in [3.8, 4) is 0 Å². The van der Waals surface area contributed by atoms with Crippen molar-refractivity contribution in [3.63, 3.8) is 0 Å². The summed E-state index contributed by atoms with van der Waals surface area (Å²) in [6, 6.07) is 1.96. The average molecular weight is 265 g/mol. The second-order valence-corrected chi connectivity index (χ2v) is 5.05. The van der Waals surface area contributed by atoms with Crippen LogP contribution in [0.2, 0.25) is 0 Å². The Kier molecular flexibility index (Phi) is 3.76. The van der Waals surface area contributed by atoms with E-state index in [4.69, 9.17) is 4.74 Å². The van der Waals surface area contributed by atoms with Crippen LogP contribution in [-0.2, 0) is 9.53 Å². The highest BCUT2D eigenvalue weighted by Crippen LogP contribution is 2.27. The zero-order valence-corrected chi connectivity index (χ0v) is 11.4. The van der Waals surface area contributed by atoms with E-state index in [1.165, 1.54) is 7.11 Å². The first-order valence-electron chi connectivity index (χ1n) is 5.60. The monoisotopic (exact) mass is 265 g/mol. The van der Waals surface area contributed by atoms with Crippen LogP contribution < -0.4 is 4.90 Å². The van der Waals surface area contributed by atoms with Crippen molar-refractivity contribution in [2.24, 2.45) is 5.92 Å². The quantitative estimate of drug-likeness (QED) is 0.791. The van der Waals surface area contributed by atoms with Crippen LogP contribution in [0.25, 0.3) is 10.2 Å². The first-order chi connectivity index (χ1) is 8.63. The van der Waals surface area contributed by atoms with Crippen LogP contribution >= 0.6 is 11.3 Å². The van der Waals surface area contributed by atoms with Crippen LogP contribution in [0.15, 0.2) is 17.8 Å². The highest BCUT2D eigenvalue weighted by atomic mass is 32.1. The third kappa shape index (κ3) is 2.43. The fraction of sp³-hybridized carbons (Fsp3) is 0.417. The largest absolute Gasteiger partial charge is 0.469 e. The molecule has 1 atom stereocenters. The molecule has 2 heterocycles. The van der Waals surface area contributed by atoms with Crippen molar-refractivity contribution in [2.75, 3.05) is 25.6 Å². The molecule has 0 saturated carbocycles. The molecule has 0 aliphatic rings. The van der Waals surface area contributed by atoms with Crippen LogP contribution in [0, 0.1) is 5.92 Å². The van der Waals surface area contributed by atoms with Gasteiger partial charge in [0.1, 0.15) is 12.1 Å². The summed E-state index contributed by atoms with van der Waals surface area (Å²) in [4.78, 5) is 21.9. The second kappa shape index (κ2) is 5.30.